The van der Waals surface area contributed by atoms with Crippen LogP contribution in [0.2, 0.25) is 0 Å². The fourth-order valence-corrected chi connectivity index (χ4v) is 3.76. The van der Waals surface area contributed by atoms with Gasteiger partial charge in [0.25, 0.3) is 0 Å². The van der Waals surface area contributed by atoms with Crippen molar-refractivity contribution in [2.75, 3.05) is 0 Å². The van der Waals surface area contributed by atoms with Gasteiger partial charge in [0, 0.05) is 0 Å². The predicted octanol–water partition coefficient (Wildman–Crippen LogP) is 7.58. The molecule has 0 aromatic rings. The van der Waals surface area contributed by atoms with Gasteiger partial charge in [0.15, 0.2) is 0 Å². The minimum Gasteiger partial charge on any atom is -0.317 e. The summed E-state index contributed by atoms with van der Waals surface area (Å²) in [6.07, 6.45) is -32.6. The Hall–Kier alpha value is -1.50. The van der Waals surface area contributed by atoms with Gasteiger partial charge in [-0.15, -0.1) is 0 Å². The van der Waals surface area contributed by atoms with E-state index in [1.807, 2.05) is 0 Å². The molecule has 1 atom stereocenters. The van der Waals surface area contributed by atoms with E-state index in [0.29, 0.717) is 0 Å². The van der Waals surface area contributed by atoms with E-state index in [1.54, 1.807) is 0 Å². The molecule has 0 amide bonds. The number of hydrogen-bond donors (Lipinski definition) is 0. The van der Waals surface area contributed by atoms with Crippen LogP contribution in [0.1, 0.15) is 0 Å². The zero-order valence-electron chi connectivity index (χ0n) is 15.0. The summed E-state index contributed by atoms with van der Waals surface area (Å²) in [7, 11) is -11.4. The number of rotatable bonds is 8. The third-order valence-electron chi connectivity index (χ3n) is 3.70. The topological polar surface area (TPSA) is 9.23 Å². The quantitative estimate of drug-likeness (QED) is 0.155. The first-order chi connectivity index (χ1) is 15.0. The molecule has 0 aliphatic heterocycles. The molecule has 36 heavy (non-hydrogen) atoms. The lowest BCUT2D eigenvalue weighted by Crippen LogP contribution is -2.81. The number of halogens is 24. The monoisotopic (exact) mass is 620 g/mol. The zero-order valence-corrected chi connectivity index (χ0v) is 16.0. The van der Waals surface area contributed by atoms with Crippen LogP contribution >= 0.6 is 0 Å². The summed E-state index contributed by atoms with van der Waals surface area (Å²) in [5.74, 6) is -36.5. The second-order valence-corrected chi connectivity index (χ2v) is 8.80. The lowest BCUT2D eigenvalue weighted by atomic mass is 9.98. The Morgan fingerprint density at radius 3 is 0.889 bits per heavy atom. The Morgan fingerprint density at radius 2 is 0.639 bits per heavy atom. The Bertz CT molecular complexity index is 799. The van der Waals surface area contributed by atoms with Gasteiger partial charge in [0.1, 0.15) is 0 Å². The average molecular weight is 620 g/mol. The number of alkyl halides is 23. The summed E-state index contributed by atoms with van der Waals surface area (Å²) >= 11 is 0. The Kier molecular flexibility index (Phi) is 7.90. The highest BCUT2D eigenvalue weighted by Gasteiger charge is 2.99. The van der Waals surface area contributed by atoms with Crippen LogP contribution in [0.5, 0.6) is 0 Å². The van der Waals surface area contributed by atoms with E-state index in [2.05, 4.69) is 0 Å². The van der Waals surface area contributed by atoms with Crippen LogP contribution in [0.25, 0.3) is 0 Å². The van der Waals surface area contributed by atoms with Gasteiger partial charge in [-0.05, 0) is 0 Å². The van der Waals surface area contributed by atoms with Crippen molar-refractivity contribution in [3.63, 3.8) is 0 Å². The Balaban J connectivity index is 7.53. The zero-order chi connectivity index (χ0) is 30.2. The molecule has 0 heterocycles. The lowest BCUT2D eigenvalue weighted by Gasteiger charge is -2.44. The highest BCUT2D eigenvalue weighted by molar-refractivity contribution is 6.72. The third kappa shape index (κ3) is 4.41. The van der Waals surface area contributed by atoms with E-state index in [1.165, 1.54) is 0 Å². The van der Waals surface area contributed by atoms with Crippen LogP contribution in [0.3, 0.4) is 0 Å². The molecule has 0 radical (unpaired) electrons. The largest absolute Gasteiger partial charge is 0.548 e. The highest BCUT2D eigenvalue weighted by atomic mass is 28.4. The van der Waals surface area contributed by atoms with E-state index in [9.17, 15) is 105 Å². The van der Waals surface area contributed by atoms with Gasteiger partial charge in [-0.2, -0.15) is 101 Å². The van der Waals surface area contributed by atoms with Crippen molar-refractivity contribution >= 4 is 8.65 Å². The molecule has 0 rings (SSSR count). The van der Waals surface area contributed by atoms with Crippen molar-refractivity contribution in [3.05, 3.63) is 0 Å². The van der Waals surface area contributed by atoms with Crippen LogP contribution < -0.4 is 0 Å². The van der Waals surface area contributed by atoms with Gasteiger partial charge in [-0.25, -0.2) is 0 Å². The molecule has 0 spiro atoms. The van der Waals surface area contributed by atoms with Crippen molar-refractivity contribution in [2.24, 2.45) is 0 Å². The molecule has 0 aromatic heterocycles. The first kappa shape index (κ1) is 34.5. The molecular weight excluding hydrogens is 620 g/mol. The van der Waals surface area contributed by atoms with Crippen LogP contribution in [-0.2, 0) is 4.43 Å². The van der Waals surface area contributed by atoms with Gasteiger partial charge in [-0.1, -0.05) is 0 Å². The molecule has 1 unspecified atom stereocenters. The summed E-state index contributed by atoms with van der Waals surface area (Å²) in [6.45, 7) is 0. The minimum absolute atomic E-state index is 0.919. The highest BCUT2D eigenvalue weighted by Crippen LogP contribution is 2.64. The van der Waals surface area contributed by atoms with Crippen molar-refractivity contribution < 1.29 is 110 Å². The maximum absolute atomic E-state index is 14.1. The lowest BCUT2D eigenvalue weighted by molar-refractivity contribution is -0.438. The molecule has 0 aliphatic rings. The molecule has 0 N–H and O–H groups in total. The molecule has 0 fully saturated rings. The third-order valence-corrected chi connectivity index (χ3v) is 6.45. The van der Waals surface area contributed by atoms with Gasteiger partial charge in [0.2, 0.25) is 0 Å². The van der Waals surface area contributed by atoms with E-state index in [4.69, 9.17) is 0 Å². The second-order valence-electron chi connectivity index (χ2n) is 6.15. The van der Waals surface area contributed by atoms with Gasteiger partial charge < -0.3 is 4.43 Å². The summed E-state index contributed by atoms with van der Waals surface area (Å²) < 4.78 is 307. The Labute approximate surface area is 179 Å². The molecule has 0 aliphatic carbocycles. The summed E-state index contributed by atoms with van der Waals surface area (Å²) in [6, 6.07) is 0. The van der Waals surface area contributed by atoms with Gasteiger partial charge >= 0.3 is 68.1 Å². The van der Waals surface area contributed by atoms with Crippen molar-refractivity contribution in [3.8, 4) is 0 Å². The summed E-state index contributed by atoms with van der Waals surface area (Å²) in [5.41, 5.74) is -18.2. The van der Waals surface area contributed by atoms with Crippen molar-refractivity contribution in [2.45, 2.75) is 59.4 Å². The van der Waals surface area contributed by atoms with E-state index >= 15 is 0 Å². The van der Waals surface area contributed by atoms with Crippen LogP contribution in [-0.4, -0.2) is 68.1 Å². The smallest absolute Gasteiger partial charge is 0.317 e. The maximum Gasteiger partial charge on any atom is 0.548 e. The molecule has 0 saturated heterocycles. The summed E-state index contributed by atoms with van der Waals surface area (Å²) in [4.78, 5) is 0. The fraction of sp³-hybridized carbons (Fsp3) is 1.00. The van der Waals surface area contributed by atoms with Gasteiger partial charge in [0.05, 0.1) is 0 Å². The summed E-state index contributed by atoms with van der Waals surface area (Å²) in [5, 5.41) is 0. The van der Waals surface area contributed by atoms with Crippen LogP contribution in [0.15, 0.2) is 0 Å². The minimum atomic E-state index is -11.4. The van der Waals surface area contributed by atoms with Gasteiger partial charge in [-0.3, -0.25) is 4.11 Å². The normalized spacial score (nSPS) is 18.3. The molecule has 1 nitrogen and oxygen atoms in total. The maximum atomic E-state index is 14.1. The molecule has 218 valence electrons. The molecule has 0 aromatic carbocycles. The second kappa shape index (κ2) is 8.25. The van der Waals surface area contributed by atoms with Crippen molar-refractivity contribution in [1.29, 1.82) is 0 Å². The average Bonchev–Trinajstić information content (AvgIpc) is 2.57. The fourth-order valence-electron chi connectivity index (χ4n) is 1.71. The molecule has 26 heteroatoms. The molecular formula is C10F24OSi. The standard InChI is InChI=1S/C10F24OSi/c11-1(12,3(15,16)5(19,20)21)2(13,14)4(17,18)9(30,31)36(34,10(32,33)7(25,26)27)35-8(28,29)6(22,23)24. The Morgan fingerprint density at radius 1 is 0.333 bits per heavy atom. The first-order valence-corrected chi connectivity index (χ1v) is 8.98. The SMILES string of the molecule is FC(F)(F)C(F)(F)O[Si](F)(C(F)(F)C(F)(F)F)C(F)(F)C(F)(F)C(F)(F)C(F)(F)C(F)(F)C(F)(F)F. The van der Waals surface area contributed by atoms with Crippen LogP contribution in [0.4, 0.5) is 105 Å². The van der Waals surface area contributed by atoms with Crippen molar-refractivity contribution in [1.82, 2.24) is 0 Å². The van der Waals surface area contributed by atoms with E-state index < -0.39 is 68.1 Å². The van der Waals surface area contributed by atoms with E-state index in [0.717, 1.165) is 4.43 Å². The first-order valence-electron chi connectivity index (χ1n) is 7.19. The predicted molar refractivity (Wildman–Crippen MR) is 60.7 cm³/mol. The molecule has 0 saturated carbocycles. The molecule has 0 bridgehead atoms. The van der Waals surface area contributed by atoms with E-state index in [-0.39, 0.29) is 0 Å². The van der Waals surface area contributed by atoms with Crippen LogP contribution in [0, 0.1) is 0 Å². The number of hydrogen-bond acceptors (Lipinski definition) is 1.